The van der Waals surface area contributed by atoms with Crippen LogP contribution in [0.3, 0.4) is 0 Å². The zero-order valence-corrected chi connectivity index (χ0v) is 10.1. The average Bonchev–Trinajstić information content (AvgIpc) is 2.73. The summed E-state index contributed by atoms with van der Waals surface area (Å²) in [4.78, 5) is 4.16. The van der Waals surface area contributed by atoms with E-state index < -0.39 is 0 Å². The highest BCUT2D eigenvalue weighted by molar-refractivity contribution is 5.98. The molecule has 5 nitrogen and oxygen atoms in total. The predicted octanol–water partition coefficient (Wildman–Crippen LogP) is 1.97. The van der Waals surface area contributed by atoms with E-state index in [1.54, 1.807) is 18.3 Å². The Labute approximate surface area is 105 Å². The highest BCUT2D eigenvalue weighted by Gasteiger charge is 2.11. The van der Waals surface area contributed by atoms with Gasteiger partial charge in [-0.05, 0) is 19.1 Å². The van der Waals surface area contributed by atoms with Crippen molar-refractivity contribution >= 4 is 22.3 Å². The van der Waals surface area contributed by atoms with Crippen molar-refractivity contribution in [3.05, 3.63) is 48.5 Å². The molecule has 0 aliphatic heterocycles. The molecule has 0 amide bonds. The van der Waals surface area contributed by atoms with Crippen molar-refractivity contribution in [2.24, 2.45) is 5.73 Å². The van der Waals surface area contributed by atoms with Crippen LogP contribution in [0.1, 0.15) is 12.6 Å². The molecule has 0 atom stereocenters. The molecule has 0 unspecified atom stereocenters. The van der Waals surface area contributed by atoms with Crippen LogP contribution < -0.4 is 11.5 Å². The average molecular weight is 241 g/mol. The van der Waals surface area contributed by atoms with Gasteiger partial charge in [-0.2, -0.15) is 5.10 Å². The van der Waals surface area contributed by atoms with Crippen LogP contribution in [-0.4, -0.2) is 15.2 Å². The van der Waals surface area contributed by atoms with Crippen molar-refractivity contribution in [2.45, 2.75) is 6.92 Å². The van der Waals surface area contributed by atoms with Crippen LogP contribution in [0.25, 0.3) is 16.6 Å². The lowest BCUT2D eigenvalue weighted by Gasteiger charge is -2.02. The highest BCUT2D eigenvalue weighted by atomic mass is 15.1. The van der Waals surface area contributed by atoms with Gasteiger partial charge in [0.15, 0.2) is 5.65 Å². The number of pyridine rings is 1. The number of allylic oxidation sites excluding steroid dienone is 4. The third-order valence-corrected chi connectivity index (χ3v) is 2.46. The molecule has 0 aliphatic rings. The van der Waals surface area contributed by atoms with Crippen LogP contribution in [-0.2, 0) is 0 Å². The standard InChI is InChI=1S/C13H15N5/c1-3-4-9(7-8(2)14)12-11-10(15)5-6-16-13(11)18-17-12/h3-7H,2,14H2,1H3,(H3,15,16,17,18)/b4-3-,9-7+. The molecule has 0 bridgehead atoms. The lowest BCUT2D eigenvalue weighted by atomic mass is 10.1. The smallest absolute Gasteiger partial charge is 0.183 e. The van der Waals surface area contributed by atoms with E-state index in [1.165, 1.54) is 0 Å². The van der Waals surface area contributed by atoms with Gasteiger partial charge in [0, 0.05) is 23.2 Å². The van der Waals surface area contributed by atoms with Gasteiger partial charge in [0.1, 0.15) is 0 Å². The molecule has 5 heteroatoms. The minimum Gasteiger partial charge on any atom is -0.399 e. The third-order valence-electron chi connectivity index (χ3n) is 2.46. The summed E-state index contributed by atoms with van der Waals surface area (Å²) in [5, 5.41) is 7.86. The van der Waals surface area contributed by atoms with Crippen LogP contribution >= 0.6 is 0 Å². The number of hydrogen-bond donors (Lipinski definition) is 3. The number of aromatic nitrogens is 3. The second kappa shape index (κ2) is 4.75. The molecule has 2 rings (SSSR count). The van der Waals surface area contributed by atoms with Crippen LogP contribution in [0.5, 0.6) is 0 Å². The zero-order chi connectivity index (χ0) is 13.1. The molecule has 0 aliphatic carbocycles. The summed E-state index contributed by atoms with van der Waals surface area (Å²) >= 11 is 0. The normalized spacial score (nSPS) is 12.4. The molecule has 5 N–H and O–H groups in total. The summed E-state index contributed by atoms with van der Waals surface area (Å²) in [6.45, 7) is 5.60. The van der Waals surface area contributed by atoms with E-state index in [0.717, 1.165) is 16.7 Å². The Morgan fingerprint density at radius 3 is 2.94 bits per heavy atom. The fourth-order valence-corrected chi connectivity index (χ4v) is 1.76. The highest BCUT2D eigenvalue weighted by Crippen LogP contribution is 2.27. The second-order valence-corrected chi connectivity index (χ2v) is 3.87. The SMILES string of the molecule is C=C(N)/C=C(\C=C/C)c1[nH]nc2nccc(N)c12. The van der Waals surface area contributed by atoms with Gasteiger partial charge in [0.25, 0.3) is 0 Å². The first-order valence-corrected chi connectivity index (χ1v) is 5.51. The van der Waals surface area contributed by atoms with Crippen molar-refractivity contribution in [3.63, 3.8) is 0 Å². The molecular weight excluding hydrogens is 226 g/mol. The van der Waals surface area contributed by atoms with Crippen molar-refractivity contribution < 1.29 is 0 Å². The van der Waals surface area contributed by atoms with Crippen molar-refractivity contribution in [1.29, 1.82) is 0 Å². The van der Waals surface area contributed by atoms with Crippen LogP contribution in [0.2, 0.25) is 0 Å². The Bertz CT molecular complexity index is 648. The number of aromatic amines is 1. The summed E-state index contributed by atoms with van der Waals surface area (Å²) in [5.74, 6) is 0. The minimum atomic E-state index is 0.466. The Balaban J connectivity index is 2.69. The van der Waals surface area contributed by atoms with Crippen LogP contribution in [0.4, 0.5) is 5.69 Å². The lowest BCUT2D eigenvalue weighted by molar-refractivity contribution is 1.08. The number of nitrogens with two attached hydrogens (primary N) is 2. The quantitative estimate of drug-likeness (QED) is 0.716. The first-order valence-electron chi connectivity index (χ1n) is 5.51. The fourth-order valence-electron chi connectivity index (χ4n) is 1.76. The van der Waals surface area contributed by atoms with Crippen LogP contribution in [0, 0.1) is 0 Å². The van der Waals surface area contributed by atoms with E-state index in [9.17, 15) is 0 Å². The minimum absolute atomic E-state index is 0.466. The lowest BCUT2D eigenvalue weighted by Crippen LogP contribution is -1.94. The van der Waals surface area contributed by atoms with Gasteiger partial charge in [0.05, 0.1) is 11.1 Å². The monoisotopic (exact) mass is 241 g/mol. The molecule has 0 fully saturated rings. The summed E-state index contributed by atoms with van der Waals surface area (Å²) < 4.78 is 0. The zero-order valence-electron chi connectivity index (χ0n) is 10.1. The van der Waals surface area contributed by atoms with Crippen molar-refractivity contribution in [2.75, 3.05) is 5.73 Å². The van der Waals surface area contributed by atoms with E-state index in [-0.39, 0.29) is 0 Å². The number of fused-ring (bicyclic) bond motifs is 1. The molecule has 0 aromatic carbocycles. The molecule has 0 saturated carbocycles. The molecule has 0 spiro atoms. The largest absolute Gasteiger partial charge is 0.399 e. The number of hydrogen-bond acceptors (Lipinski definition) is 4. The first-order chi connectivity index (χ1) is 8.63. The van der Waals surface area contributed by atoms with Gasteiger partial charge in [-0.1, -0.05) is 18.7 Å². The van der Waals surface area contributed by atoms with E-state index in [4.69, 9.17) is 11.5 Å². The molecule has 0 saturated heterocycles. The van der Waals surface area contributed by atoms with Crippen molar-refractivity contribution in [1.82, 2.24) is 15.2 Å². The number of rotatable bonds is 3. The van der Waals surface area contributed by atoms with E-state index in [0.29, 0.717) is 17.0 Å². The van der Waals surface area contributed by atoms with Gasteiger partial charge < -0.3 is 11.5 Å². The van der Waals surface area contributed by atoms with Gasteiger partial charge >= 0.3 is 0 Å². The van der Waals surface area contributed by atoms with Crippen LogP contribution in [0.15, 0.2) is 42.8 Å². The van der Waals surface area contributed by atoms with E-state index in [2.05, 4.69) is 21.8 Å². The second-order valence-electron chi connectivity index (χ2n) is 3.87. The van der Waals surface area contributed by atoms with Gasteiger partial charge in [-0.3, -0.25) is 5.10 Å². The molecule has 2 aromatic rings. The molecule has 92 valence electrons. The summed E-state index contributed by atoms with van der Waals surface area (Å²) in [5.41, 5.74) is 14.9. The Kier molecular flexibility index (Phi) is 3.14. The number of nitrogen functional groups attached to an aromatic ring is 1. The molecule has 2 heterocycles. The van der Waals surface area contributed by atoms with E-state index >= 15 is 0 Å². The summed E-state index contributed by atoms with van der Waals surface area (Å²) in [6.07, 6.45) is 7.22. The number of nitrogens with one attached hydrogen (secondary N) is 1. The number of nitrogens with zero attached hydrogens (tertiary/aromatic N) is 2. The number of anilines is 1. The predicted molar refractivity (Wildman–Crippen MR) is 74.4 cm³/mol. The maximum Gasteiger partial charge on any atom is 0.183 e. The van der Waals surface area contributed by atoms with E-state index in [1.807, 2.05) is 19.1 Å². The number of H-pyrrole nitrogens is 1. The Morgan fingerprint density at radius 2 is 2.28 bits per heavy atom. The Morgan fingerprint density at radius 1 is 1.50 bits per heavy atom. The van der Waals surface area contributed by atoms with Gasteiger partial charge in [-0.25, -0.2) is 4.98 Å². The maximum atomic E-state index is 5.96. The summed E-state index contributed by atoms with van der Waals surface area (Å²) in [6, 6.07) is 1.74. The third kappa shape index (κ3) is 2.10. The molecule has 0 radical (unpaired) electrons. The summed E-state index contributed by atoms with van der Waals surface area (Å²) in [7, 11) is 0. The first kappa shape index (κ1) is 11.9. The van der Waals surface area contributed by atoms with Gasteiger partial charge in [0.2, 0.25) is 0 Å². The van der Waals surface area contributed by atoms with Gasteiger partial charge in [-0.15, -0.1) is 0 Å². The van der Waals surface area contributed by atoms with Crippen molar-refractivity contribution in [3.8, 4) is 0 Å². The maximum absolute atomic E-state index is 5.96. The molecule has 18 heavy (non-hydrogen) atoms. The molecular formula is C13H15N5. The molecule has 2 aromatic heterocycles. The topological polar surface area (TPSA) is 93.6 Å². The fraction of sp³-hybridized carbons (Fsp3) is 0.0769. The Hall–Kier alpha value is -2.56.